The van der Waals surface area contributed by atoms with E-state index < -0.39 is 36.2 Å². The molecule has 1 aliphatic carbocycles. The summed E-state index contributed by atoms with van der Waals surface area (Å²) in [5.41, 5.74) is -1.18. The SMILES string of the molecule is CC(C)(C)[S@@+]([O-])N[C@@](C)(CS(=O)(=O)C1(C#N)CCCC1)c1sc(Br)cc1Cl. The maximum absolute atomic E-state index is 13.3. The van der Waals surface area contributed by atoms with E-state index >= 15 is 0 Å². The van der Waals surface area contributed by atoms with Crippen molar-refractivity contribution in [1.82, 2.24) is 4.72 Å². The van der Waals surface area contributed by atoms with Crippen LogP contribution in [-0.4, -0.2) is 28.2 Å². The monoisotopic (exact) mass is 514 g/mol. The van der Waals surface area contributed by atoms with E-state index in [9.17, 15) is 18.2 Å². The first-order chi connectivity index (χ1) is 12.3. The molecule has 152 valence electrons. The first-order valence-corrected chi connectivity index (χ1v) is 13.3. The van der Waals surface area contributed by atoms with Crippen LogP contribution in [0.1, 0.15) is 58.3 Å². The highest BCUT2D eigenvalue weighted by molar-refractivity contribution is 9.11. The number of nitrogens with one attached hydrogen (secondary N) is 1. The largest absolute Gasteiger partial charge is 0.598 e. The number of nitriles is 1. The highest BCUT2D eigenvalue weighted by atomic mass is 79.9. The van der Waals surface area contributed by atoms with Gasteiger partial charge in [0.15, 0.2) is 14.6 Å². The summed E-state index contributed by atoms with van der Waals surface area (Å²) in [6.07, 6.45) is 2.12. The first-order valence-electron chi connectivity index (χ1n) is 8.55. The van der Waals surface area contributed by atoms with Crippen molar-refractivity contribution >= 4 is 60.1 Å². The van der Waals surface area contributed by atoms with Crippen LogP contribution in [0.4, 0.5) is 0 Å². The predicted octanol–water partition coefficient (Wildman–Crippen LogP) is 4.68. The van der Waals surface area contributed by atoms with Crippen LogP contribution in [0, 0.1) is 11.3 Å². The van der Waals surface area contributed by atoms with Crippen LogP contribution in [0.5, 0.6) is 0 Å². The number of nitrogens with zero attached hydrogens (tertiary/aromatic N) is 1. The van der Waals surface area contributed by atoms with Crippen LogP contribution in [0.2, 0.25) is 5.02 Å². The quantitative estimate of drug-likeness (QED) is 0.555. The third-order valence-electron chi connectivity index (χ3n) is 4.72. The van der Waals surface area contributed by atoms with Gasteiger partial charge in [-0.05, 0) is 62.5 Å². The lowest BCUT2D eigenvalue weighted by molar-refractivity contribution is 0.453. The summed E-state index contributed by atoms with van der Waals surface area (Å²) in [6, 6.07) is 3.76. The molecule has 0 bridgehead atoms. The highest BCUT2D eigenvalue weighted by Crippen LogP contribution is 2.44. The average molecular weight is 516 g/mol. The minimum atomic E-state index is -3.80. The molecule has 2 atom stereocenters. The van der Waals surface area contributed by atoms with Crippen LogP contribution in [0.3, 0.4) is 0 Å². The molecular formula is C17H24BrClN2O3S3. The molecule has 2 rings (SSSR count). The van der Waals surface area contributed by atoms with Crippen molar-refractivity contribution in [3.8, 4) is 6.07 Å². The van der Waals surface area contributed by atoms with Gasteiger partial charge in [-0.3, -0.25) is 0 Å². The van der Waals surface area contributed by atoms with Gasteiger partial charge in [0.1, 0.15) is 10.3 Å². The number of thiophene rings is 1. The summed E-state index contributed by atoms with van der Waals surface area (Å²) in [6.45, 7) is 7.12. The molecule has 1 saturated carbocycles. The van der Waals surface area contributed by atoms with Crippen molar-refractivity contribution in [2.75, 3.05) is 5.75 Å². The molecule has 10 heteroatoms. The molecule has 0 aromatic carbocycles. The zero-order valence-electron chi connectivity index (χ0n) is 15.8. The summed E-state index contributed by atoms with van der Waals surface area (Å²) < 4.78 is 41.2. The van der Waals surface area contributed by atoms with Gasteiger partial charge >= 0.3 is 0 Å². The molecule has 0 amide bonds. The van der Waals surface area contributed by atoms with Crippen LogP contribution >= 0.6 is 38.9 Å². The van der Waals surface area contributed by atoms with Crippen LogP contribution in [-0.2, 0) is 26.7 Å². The van der Waals surface area contributed by atoms with Crippen molar-refractivity contribution < 1.29 is 13.0 Å². The maximum atomic E-state index is 13.3. The fourth-order valence-electron chi connectivity index (χ4n) is 3.17. The summed E-state index contributed by atoms with van der Waals surface area (Å²) in [5.74, 6) is -0.345. The molecular weight excluding hydrogens is 492 g/mol. The number of halogens is 2. The molecule has 0 radical (unpaired) electrons. The van der Waals surface area contributed by atoms with Crippen molar-refractivity contribution in [3.63, 3.8) is 0 Å². The van der Waals surface area contributed by atoms with Gasteiger partial charge in [0.25, 0.3) is 0 Å². The van der Waals surface area contributed by atoms with E-state index in [1.807, 2.05) is 20.8 Å². The normalized spacial score (nSPS) is 20.8. The van der Waals surface area contributed by atoms with E-state index in [0.29, 0.717) is 22.7 Å². The fourth-order valence-corrected chi connectivity index (χ4v) is 8.83. The molecule has 1 heterocycles. The summed E-state index contributed by atoms with van der Waals surface area (Å²) >= 11 is 9.53. The summed E-state index contributed by atoms with van der Waals surface area (Å²) in [7, 11) is -3.80. The third kappa shape index (κ3) is 4.85. The second-order valence-electron chi connectivity index (χ2n) is 8.12. The molecule has 1 aliphatic rings. The highest BCUT2D eigenvalue weighted by Gasteiger charge is 2.52. The van der Waals surface area contributed by atoms with Crippen molar-refractivity contribution in [2.24, 2.45) is 0 Å². The topological polar surface area (TPSA) is 93.0 Å². The lowest BCUT2D eigenvalue weighted by Gasteiger charge is -2.36. The van der Waals surface area contributed by atoms with Gasteiger partial charge in [-0.15, -0.1) is 16.1 Å². The Hall–Kier alpha value is 0.180. The van der Waals surface area contributed by atoms with Crippen molar-refractivity contribution in [3.05, 3.63) is 19.8 Å². The molecule has 0 saturated heterocycles. The van der Waals surface area contributed by atoms with Gasteiger partial charge in [-0.25, -0.2) is 8.42 Å². The van der Waals surface area contributed by atoms with Gasteiger partial charge < -0.3 is 4.55 Å². The maximum Gasteiger partial charge on any atom is 0.171 e. The van der Waals surface area contributed by atoms with Crippen LogP contribution in [0.15, 0.2) is 9.85 Å². The lowest BCUT2D eigenvalue weighted by Crippen LogP contribution is -2.54. The molecule has 5 nitrogen and oxygen atoms in total. The molecule has 1 fully saturated rings. The van der Waals surface area contributed by atoms with Gasteiger partial charge in [0.05, 0.1) is 20.6 Å². The Balaban J connectivity index is 2.50. The number of hydrogen-bond acceptors (Lipinski definition) is 6. The Morgan fingerprint density at radius 3 is 2.37 bits per heavy atom. The Bertz CT molecular complexity index is 839. The minimum Gasteiger partial charge on any atom is -0.598 e. The minimum absolute atomic E-state index is 0.339. The molecule has 0 spiro atoms. The summed E-state index contributed by atoms with van der Waals surface area (Å²) in [5, 5.41) is 10.1. The van der Waals surface area contributed by atoms with Crippen LogP contribution < -0.4 is 4.72 Å². The number of sulfone groups is 1. The van der Waals surface area contributed by atoms with Crippen molar-refractivity contribution in [2.45, 2.75) is 68.4 Å². The third-order valence-corrected chi connectivity index (χ3v) is 11.4. The van der Waals surface area contributed by atoms with E-state index in [1.165, 1.54) is 11.3 Å². The molecule has 1 aromatic heterocycles. The standard InChI is InChI=1S/C17H24BrClN2O3S3/c1-15(2,3)26(22)21-16(4,14-12(19)9-13(18)25-14)11-27(23,24)17(10-20)7-5-6-8-17/h9,21H,5-8,11H2,1-4H3/t16-,26+/m0/s1. The molecule has 1 N–H and O–H groups in total. The van der Waals surface area contributed by atoms with E-state index in [0.717, 1.165) is 16.6 Å². The second kappa shape index (κ2) is 8.13. The molecule has 27 heavy (non-hydrogen) atoms. The van der Waals surface area contributed by atoms with Gasteiger partial charge in [-0.1, -0.05) is 24.4 Å². The van der Waals surface area contributed by atoms with Gasteiger partial charge in [-0.2, -0.15) is 5.26 Å². The molecule has 0 aliphatic heterocycles. The molecule has 0 unspecified atom stereocenters. The van der Waals surface area contributed by atoms with Gasteiger partial charge in [0.2, 0.25) is 0 Å². The number of rotatable bonds is 6. The van der Waals surface area contributed by atoms with E-state index in [2.05, 4.69) is 26.7 Å². The smallest absolute Gasteiger partial charge is 0.171 e. The van der Waals surface area contributed by atoms with Crippen molar-refractivity contribution in [1.29, 1.82) is 5.26 Å². The Kier molecular flexibility index (Phi) is 7.07. The van der Waals surface area contributed by atoms with E-state index in [4.69, 9.17) is 11.6 Å². The second-order valence-corrected chi connectivity index (χ2v) is 15.2. The van der Waals surface area contributed by atoms with E-state index in [1.54, 1.807) is 13.0 Å². The van der Waals surface area contributed by atoms with Gasteiger partial charge in [0, 0.05) is 16.2 Å². The zero-order valence-corrected chi connectivity index (χ0v) is 20.6. The first kappa shape index (κ1) is 23.5. The number of hydrogen-bond donors (Lipinski definition) is 1. The predicted molar refractivity (Wildman–Crippen MR) is 116 cm³/mol. The average Bonchev–Trinajstić information content (AvgIpc) is 3.13. The Labute approximate surface area is 182 Å². The summed E-state index contributed by atoms with van der Waals surface area (Å²) in [4.78, 5) is 0.586. The zero-order chi connectivity index (χ0) is 20.7. The Morgan fingerprint density at radius 2 is 1.96 bits per heavy atom. The Morgan fingerprint density at radius 1 is 1.41 bits per heavy atom. The molecule has 1 aromatic rings. The van der Waals surface area contributed by atoms with Crippen LogP contribution in [0.25, 0.3) is 0 Å². The fraction of sp³-hybridized carbons (Fsp3) is 0.706. The van der Waals surface area contributed by atoms with E-state index in [-0.39, 0.29) is 5.75 Å². The lowest BCUT2D eigenvalue weighted by atomic mass is 10.1.